The first-order valence-electron chi connectivity index (χ1n) is 10.7. The Morgan fingerprint density at radius 1 is 1.13 bits per heavy atom. The Kier molecular flexibility index (Phi) is 11.3. The molecule has 1 atom stereocenters. The second-order valence-corrected chi connectivity index (χ2v) is 8.88. The number of aliphatic hydroxyl groups excluding tert-OH is 1. The van der Waals surface area contributed by atoms with Crippen LogP contribution in [0.2, 0.25) is 0 Å². The van der Waals surface area contributed by atoms with E-state index in [2.05, 4.69) is 19.2 Å². The minimum absolute atomic E-state index is 0.0253. The molecule has 0 bridgehead atoms. The van der Waals surface area contributed by atoms with Crippen LogP contribution in [0.5, 0.6) is 0 Å². The van der Waals surface area contributed by atoms with E-state index < -0.39 is 17.8 Å². The van der Waals surface area contributed by atoms with Crippen LogP contribution in [-0.2, 0) is 16.1 Å². The summed E-state index contributed by atoms with van der Waals surface area (Å²) < 4.78 is 10.8. The third-order valence-electron chi connectivity index (χ3n) is 4.31. The number of carbonyl (C=O) groups is 2. The minimum Gasteiger partial charge on any atom is -0.445 e. The molecule has 170 valence electrons. The van der Waals surface area contributed by atoms with Crippen molar-refractivity contribution in [2.45, 2.75) is 72.1 Å². The Bertz CT molecular complexity index is 628. The lowest BCUT2D eigenvalue weighted by Gasteiger charge is -2.30. The molecule has 1 aromatic carbocycles. The Morgan fingerprint density at radius 2 is 1.80 bits per heavy atom. The van der Waals surface area contributed by atoms with Crippen LogP contribution in [-0.4, -0.2) is 53.5 Å². The fraction of sp³-hybridized carbons (Fsp3) is 0.652. The van der Waals surface area contributed by atoms with Gasteiger partial charge in [-0.15, -0.1) is 0 Å². The Hall–Kier alpha value is -2.28. The molecule has 1 rings (SSSR count). The van der Waals surface area contributed by atoms with Crippen molar-refractivity contribution in [3.63, 3.8) is 0 Å². The van der Waals surface area contributed by atoms with E-state index in [9.17, 15) is 14.7 Å². The third-order valence-corrected chi connectivity index (χ3v) is 4.31. The maximum absolute atomic E-state index is 12.6. The number of hydrogen-bond donors (Lipinski definition) is 2. The van der Waals surface area contributed by atoms with Crippen LogP contribution < -0.4 is 5.32 Å². The Morgan fingerprint density at radius 3 is 2.37 bits per heavy atom. The monoisotopic (exact) mass is 422 g/mol. The van der Waals surface area contributed by atoms with Gasteiger partial charge >= 0.3 is 12.2 Å². The molecular formula is C23H38N2O5. The van der Waals surface area contributed by atoms with Crippen molar-refractivity contribution in [2.75, 3.05) is 19.7 Å². The molecule has 0 saturated carbocycles. The number of rotatable bonds is 11. The first kappa shape index (κ1) is 25.8. The van der Waals surface area contributed by atoms with Crippen molar-refractivity contribution >= 4 is 12.2 Å². The van der Waals surface area contributed by atoms with E-state index in [1.165, 1.54) is 0 Å². The molecule has 0 unspecified atom stereocenters. The van der Waals surface area contributed by atoms with Crippen LogP contribution in [0.1, 0.15) is 59.4 Å². The number of ether oxygens (including phenoxy) is 2. The molecule has 30 heavy (non-hydrogen) atoms. The van der Waals surface area contributed by atoms with Crippen LogP contribution in [0, 0.1) is 5.92 Å². The zero-order chi connectivity index (χ0) is 22.6. The molecule has 1 aromatic rings. The average Bonchev–Trinajstić information content (AvgIpc) is 2.66. The van der Waals surface area contributed by atoms with Crippen LogP contribution >= 0.6 is 0 Å². The molecule has 0 aliphatic carbocycles. The molecule has 0 heterocycles. The van der Waals surface area contributed by atoms with Crippen LogP contribution in [0.3, 0.4) is 0 Å². The van der Waals surface area contributed by atoms with Gasteiger partial charge in [0.25, 0.3) is 0 Å². The smallest absolute Gasteiger partial charge is 0.410 e. The Balaban J connectivity index is 2.75. The maximum atomic E-state index is 12.6. The largest absolute Gasteiger partial charge is 0.445 e. The Labute approximate surface area is 180 Å². The molecule has 2 N–H and O–H groups in total. The van der Waals surface area contributed by atoms with Gasteiger partial charge in [-0.25, -0.2) is 9.59 Å². The van der Waals surface area contributed by atoms with E-state index in [1.807, 2.05) is 51.1 Å². The number of nitrogens with zero attached hydrogens (tertiary/aromatic N) is 1. The lowest BCUT2D eigenvalue weighted by atomic mass is 10.0. The highest BCUT2D eigenvalue weighted by Crippen LogP contribution is 2.14. The zero-order valence-electron chi connectivity index (χ0n) is 19.0. The molecule has 0 saturated heterocycles. The van der Waals surface area contributed by atoms with Crippen molar-refractivity contribution in [1.82, 2.24) is 10.2 Å². The first-order valence-corrected chi connectivity index (χ1v) is 10.7. The topological polar surface area (TPSA) is 88.1 Å². The van der Waals surface area contributed by atoms with Gasteiger partial charge in [0, 0.05) is 25.7 Å². The van der Waals surface area contributed by atoms with Gasteiger partial charge in [-0.05, 0) is 51.5 Å². The number of alkyl carbamates (subject to hydrolysis) is 1. The van der Waals surface area contributed by atoms with Crippen LogP contribution in [0.15, 0.2) is 30.3 Å². The lowest BCUT2D eigenvalue weighted by Crippen LogP contribution is -2.47. The van der Waals surface area contributed by atoms with Gasteiger partial charge in [-0.3, -0.25) is 0 Å². The number of hydrogen-bond acceptors (Lipinski definition) is 5. The molecule has 0 spiro atoms. The summed E-state index contributed by atoms with van der Waals surface area (Å²) in [6.45, 7) is 10.5. The second kappa shape index (κ2) is 13.1. The zero-order valence-corrected chi connectivity index (χ0v) is 19.0. The second-order valence-electron chi connectivity index (χ2n) is 8.88. The number of carbonyl (C=O) groups excluding carboxylic acids is 2. The summed E-state index contributed by atoms with van der Waals surface area (Å²) in [4.78, 5) is 26.5. The van der Waals surface area contributed by atoms with Crippen LogP contribution in [0.25, 0.3) is 0 Å². The summed E-state index contributed by atoms with van der Waals surface area (Å²) in [6.07, 6.45) is 1.07. The quantitative estimate of drug-likeness (QED) is 0.554. The van der Waals surface area contributed by atoms with E-state index in [1.54, 1.807) is 4.90 Å². The predicted octanol–water partition coefficient (Wildman–Crippen LogP) is 4.34. The van der Waals surface area contributed by atoms with Gasteiger partial charge in [0.2, 0.25) is 0 Å². The minimum atomic E-state index is -0.621. The van der Waals surface area contributed by atoms with Gasteiger partial charge < -0.3 is 24.8 Å². The van der Waals surface area contributed by atoms with Gasteiger partial charge in [-0.1, -0.05) is 44.2 Å². The summed E-state index contributed by atoms with van der Waals surface area (Å²) >= 11 is 0. The summed E-state index contributed by atoms with van der Waals surface area (Å²) in [5.41, 5.74) is 0.286. The van der Waals surface area contributed by atoms with Gasteiger partial charge in [0.15, 0.2) is 0 Å². The lowest BCUT2D eigenvalue weighted by molar-refractivity contribution is 0.0216. The van der Waals surface area contributed by atoms with E-state index in [0.29, 0.717) is 31.8 Å². The standard InChI is InChI=1S/C23H38N2O5/c1-18(2)12-13-20(24-21(27)29-17-19-10-7-6-8-11-19)16-25(14-9-15-26)22(28)30-23(3,4)5/h6-8,10-11,18,20,26H,9,12-17H2,1-5H3,(H,24,27)/t20-/m1/s1. The molecule has 2 amide bonds. The van der Waals surface area contributed by atoms with E-state index in [4.69, 9.17) is 9.47 Å². The third kappa shape index (κ3) is 11.7. The fourth-order valence-electron chi connectivity index (χ4n) is 2.79. The fourth-order valence-corrected chi connectivity index (χ4v) is 2.79. The molecule has 0 aliphatic heterocycles. The molecule has 0 aliphatic rings. The maximum Gasteiger partial charge on any atom is 0.410 e. The number of nitrogens with one attached hydrogen (secondary N) is 1. The first-order chi connectivity index (χ1) is 14.1. The summed E-state index contributed by atoms with van der Waals surface area (Å²) in [7, 11) is 0. The van der Waals surface area contributed by atoms with Gasteiger partial charge in [0.1, 0.15) is 12.2 Å². The van der Waals surface area contributed by atoms with Crippen LogP contribution in [0.4, 0.5) is 9.59 Å². The molecule has 0 radical (unpaired) electrons. The number of amides is 2. The van der Waals surface area contributed by atoms with Crippen molar-refractivity contribution in [1.29, 1.82) is 0 Å². The summed E-state index contributed by atoms with van der Waals surface area (Å²) in [5.74, 6) is 0.460. The summed E-state index contributed by atoms with van der Waals surface area (Å²) in [6, 6.07) is 9.19. The van der Waals surface area contributed by atoms with Gasteiger partial charge in [-0.2, -0.15) is 0 Å². The number of aliphatic hydroxyl groups is 1. The predicted molar refractivity (Wildman–Crippen MR) is 117 cm³/mol. The highest BCUT2D eigenvalue weighted by Gasteiger charge is 2.25. The van der Waals surface area contributed by atoms with Crippen molar-refractivity contribution < 1.29 is 24.2 Å². The SMILES string of the molecule is CC(C)CC[C@H](CN(CCCO)C(=O)OC(C)(C)C)NC(=O)OCc1ccccc1. The van der Waals surface area contributed by atoms with Crippen molar-refractivity contribution in [2.24, 2.45) is 5.92 Å². The molecule has 7 heteroatoms. The molecule has 0 aromatic heterocycles. The highest BCUT2D eigenvalue weighted by molar-refractivity contribution is 5.69. The number of benzene rings is 1. The van der Waals surface area contributed by atoms with E-state index >= 15 is 0 Å². The van der Waals surface area contributed by atoms with Gasteiger partial charge in [0.05, 0.1) is 0 Å². The van der Waals surface area contributed by atoms with E-state index in [0.717, 1.165) is 12.0 Å². The normalized spacial score (nSPS) is 12.4. The molecule has 7 nitrogen and oxygen atoms in total. The van der Waals surface area contributed by atoms with E-state index in [-0.39, 0.29) is 19.3 Å². The molecule has 0 fully saturated rings. The highest BCUT2D eigenvalue weighted by atomic mass is 16.6. The molecular weight excluding hydrogens is 384 g/mol. The average molecular weight is 423 g/mol. The van der Waals surface area contributed by atoms with Crippen molar-refractivity contribution in [3.05, 3.63) is 35.9 Å². The van der Waals surface area contributed by atoms with Crippen molar-refractivity contribution in [3.8, 4) is 0 Å². The summed E-state index contributed by atoms with van der Waals surface area (Å²) in [5, 5.41) is 12.1.